The molecule has 0 aliphatic rings. The van der Waals surface area contributed by atoms with Crippen LogP contribution >= 0.6 is 28.3 Å². The highest BCUT2D eigenvalue weighted by atomic mass is 79.9. The molecule has 0 aliphatic carbocycles. The molecule has 0 saturated carbocycles. The van der Waals surface area contributed by atoms with E-state index in [0.29, 0.717) is 6.54 Å². The number of hydrogen-bond acceptors (Lipinski definition) is 3. The van der Waals surface area contributed by atoms with Gasteiger partial charge in [-0.3, -0.25) is 4.40 Å². The lowest BCUT2D eigenvalue weighted by atomic mass is 10.5. The van der Waals surface area contributed by atoms with Crippen LogP contribution < -0.4 is 5.73 Å². The van der Waals surface area contributed by atoms with Gasteiger partial charge in [0.15, 0.2) is 4.96 Å². The fourth-order valence-corrected chi connectivity index (χ4v) is 1.59. The van der Waals surface area contributed by atoms with E-state index in [-0.39, 0.29) is 17.0 Å². The Kier molecular flexibility index (Phi) is 2.64. The molecule has 0 saturated heterocycles. The van der Waals surface area contributed by atoms with E-state index in [4.69, 9.17) is 5.73 Å². The number of aromatic nitrogens is 2. The first-order valence-corrected chi connectivity index (χ1v) is 3.89. The Balaban J connectivity index is 0.000000605. The van der Waals surface area contributed by atoms with E-state index in [1.165, 1.54) is 0 Å². The van der Waals surface area contributed by atoms with E-state index in [9.17, 15) is 0 Å². The number of nitrogens with two attached hydrogens (primary N) is 1. The van der Waals surface area contributed by atoms with Gasteiger partial charge in [0.1, 0.15) is 0 Å². The van der Waals surface area contributed by atoms with Crippen LogP contribution in [0.25, 0.3) is 4.96 Å². The molecule has 0 aromatic carbocycles. The predicted octanol–water partition coefficient (Wildman–Crippen LogP) is 1.43. The van der Waals surface area contributed by atoms with Crippen LogP contribution in [0.4, 0.5) is 0 Å². The zero-order valence-corrected chi connectivity index (χ0v) is 8.26. The largest absolute Gasteiger partial charge is 0.325 e. The van der Waals surface area contributed by atoms with E-state index in [0.717, 1.165) is 10.7 Å². The first kappa shape index (κ1) is 8.70. The molecule has 2 aromatic rings. The van der Waals surface area contributed by atoms with Gasteiger partial charge in [-0.1, -0.05) is 0 Å². The average molecular weight is 234 g/mol. The molecular weight excluding hydrogens is 226 g/mol. The molecule has 2 N–H and O–H groups in total. The molecule has 3 nitrogen and oxygen atoms in total. The van der Waals surface area contributed by atoms with Gasteiger partial charge in [0.2, 0.25) is 0 Å². The van der Waals surface area contributed by atoms with Gasteiger partial charge in [0, 0.05) is 24.3 Å². The van der Waals surface area contributed by atoms with E-state index >= 15 is 0 Å². The van der Waals surface area contributed by atoms with Gasteiger partial charge in [-0.25, -0.2) is 4.98 Å². The third-order valence-electron chi connectivity index (χ3n) is 1.35. The first-order chi connectivity index (χ1) is 4.90. The molecule has 0 amide bonds. The molecule has 0 unspecified atom stereocenters. The molecule has 2 aromatic heterocycles. The van der Waals surface area contributed by atoms with Gasteiger partial charge < -0.3 is 5.73 Å². The van der Waals surface area contributed by atoms with Crippen LogP contribution in [-0.4, -0.2) is 9.38 Å². The van der Waals surface area contributed by atoms with E-state index in [1.54, 1.807) is 11.3 Å². The molecular formula is C6H8BrN3S. The summed E-state index contributed by atoms with van der Waals surface area (Å²) in [5, 5.41) is 2.00. The second kappa shape index (κ2) is 3.34. The fraction of sp³-hybridized carbons (Fsp3) is 0.167. The summed E-state index contributed by atoms with van der Waals surface area (Å²) in [6.45, 7) is 0.522. The Morgan fingerprint density at radius 3 is 3.09 bits per heavy atom. The van der Waals surface area contributed by atoms with Gasteiger partial charge in [-0.05, 0) is 0 Å². The summed E-state index contributed by atoms with van der Waals surface area (Å²) in [5.74, 6) is 0. The number of rotatable bonds is 1. The van der Waals surface area contributed by atoms with Gasteiger partial charge in [-0.2, -0.15) is 0 Å². The van der Waals surface area contributed by atoms with Crippen LogP contribution in [0.3, 0.4) is 0 Å². The second-order valence-electron chi connectivity index (χ2n) is 2.03. The smallest absolute Gasteiger partial charge is 0.193 e. The van der Waals surface area contributed by atoms with Gasteiger partial charge in [-0.15, -0.1) is 28.3 Å². The summed E-state index contributed by atoms with van der Waals surface area (Å²) in [4.78, 5) is 5.26. The molecule has 2 rings (SSSR count). The molecule has 0 spiro atoms. The molecule has 0 atom stereocenters. The maximum atomic E-state index is 5.40. The molecule has 60 valence electrons. The minimum Gasteiger partial charge on any atom is -0.325 e. The van der Waals surface area contributed by atoms with Gasteiger partial charge in [0.25, 0.3) is 0 Å². The van der Waals surface area contributed by atoms with E-state index < -0.39 is 0 Å². The van der Waals surface area contributed by atoms with Crippen LogP contribution in [0.15, 0.2) is 17.8 Å². The van der Waals surface area contributed by atoms with Crippen molar-refractivity contribution in [3.63, 3.8) is 0 Å². The van der Waals surface area contributed by atoms with Crippen molar-refractivity contribution in [3.8, 4) is 0 Å². The lowest BCUT2D eigenvalue weighted by molar-refractivity contribution is 1.02. The summed E-state index contributed by atoms with van der Waals surface area (Å²) in [5.41, 5.74) is 6.35. The van der Waals surface area contributed by atoms with Gasteiger partial charge in [0.05, 0.1) is 5.69 Å². The van der Waals surface area contributed by atoms with Crippen LogP contribution in [0.2, 0.25) is 0 Å². The van der Waals surface area contributed by atoms with Gasteiger partial charge >= 0.3 is 0 Å². The topological polar surface area (TPSA) is 43.3 Å². The number of halogens is 1. The third kappa shape index (κ3) is 1.45. The van der Waals surface area contributed by atoms with Crippen LogP contribution in [-0.2, 0) is 6.54 Å². The molecule has 0 fully saturated rings. The van der Waals surface area contributed by atoms with Crippen molar-refractivity contribution in [1.29, 1.82) is 0 Å². The number of nitrogens with zero attached hydrogens (tertiary/aromatic N) is 2. The van der Waals surface area contributed by atoms with Crippen molar-refractivity contribution in [2.45, 2.75) is 6.54 Å². The normalized spacial score (nSPS) is 9.91. The number of fused-ring (bicyclic) bond motifs is 1. The van der Waals surface area contributed by atoms with Crippen molar-refractivity contribution < 1.29 is 0 Å². The van der Waals surface area contributed by atoms with Crippen molar-refractivity contribution in [2.24, 2.45) is 5.73 Å². The fourth-order valence-electron chi connectivity index (χ4n) is 0.874. The quantitative estimate of drug-likeness (QED) is 0.811. The summed E-state index contributed by atoms with van der Waals surface area (Å²) in [6, 6.07) is 0. The summed E-state index contributed by atoms with van der Waals surface area (Å²) >= 11 is 1.62. The molecule has 0 radical (unpaired) electrons. The predicted molar refractivity (Wildman–Crippen MR) is 51.3 cm³/mol. The Morgan fingerprint density at radius 1 is 1.64 bits per heavy atom. The number of hydrogen-bond donors (Lipinski definition) is 1. The van der Waals surface area contributed by atoms with Crippen molar-refractivity contribution in [3.05, 3.63) is 23.5 Å². The van der Waals surface area contributed by atoms with Crippen molar-refractivity contribution in [1.82, 2.24) is 9.38 Å². The third-order valence-corrected chi connectivity index (χ3v) is 2.12. The SMILES string of the molecule is Br.NCc1cn2ccsc2n1. The van der Waals surface area contributed by atoms with Crippen molar-refractivity contribution >= 4 is 33.3 Å². The summed E-state index contributed by atoms with van der Waals surface area (Å²) < 4.78 is 1.98. The van der Waals surface area contributed by atoms with Crippen LogP contribution in [0.5, 0.6) is 0 Å². The molecule has 0 bridgehead atoms. The highest BCUT2D eigenvalue weighted by Gasteiger charge is 1.98. The Labute approximate surface area is 78.6 Å². The zero-order chi connectivity index (χ0) is 6.97. The maximum Gasteiger partial charge on any atom is 0.193 e. The molecule has 11 heavy (non-hydrogen) atoms. The zero-order valence-electron chi connectivity index (χ0n) is 5.73. The summed E-state index contributed by atoms with van der Waals surface area (Å²) in [7, 11) is 0. The van der Waals surface area contributed by atoms with E-state index in [2.05, 4.69) is 4.98 Å². The Bertz CT molecular complexity index is 312. The van der Waals surface area contributed by atoms with Crippen LogP contribution in [0.1, 0.15) is 5.69 Å². The minimum absolute atomic E-state index is 0. The monoisotopic (exact) mass is 233 g/mol. The lowest BCUT2D eigenvalue weighted by Gasteiger charge is -1.79. The highest BCUT2D eigenvalue weighted by Crippen LogP contribution is 2.10. The standard InChI is InChI=1S/C6H7N3S.BrH/c7-3-5-4-9-1-2-10-6(9)8-5;/h1-2,4H,3,7H2;1H. The maximum absolute atomic E-state index is 5.40. The second-order valence-corrected chi connectivity index (χ2v) is 2.90. The number of thiazole rings is 1. The first-order valence-electron chi connectivity index (χ1n) is 3.01. The molecule has 5 heteroatoms. The van der Waals surface area contributed by atoms with Crippen molar-refractivity contribution in [2.75, 3.05) is 0 Å². The Morgan fingerprint density at radius 2 is 2.45 bits per heavy atom. The highest BCUT2D eigenvalue weighted by molar-refractivity contribution is 8.93. The molecule has 2 heterocycles. The molecule has 0 aliphatic heterocycles. The van der Waals surface area contributed by atoms with Crippen LogP contribution in [0, 0.1) is 0 Å². The Hall–Kier alpha value is -0.390. The summed E-state index contributed by atoms with van der Waals surface area (Å²) in [6.07, 6.45) is 3.93. The number of imidazole rings is 1. The average Bonchev–Trinajstić information content (AvgIpc) is 2.42. The minimum atomic E-state index is 0. The van der Waals surface area contributed by atoms with E-state index in [1.807, 2.05) is 22.2 Å². The lowest BCUT2D eigenvalue weighted by Crippen LogP contribution is -1.95.